The summed E-state index contributed by atoms with van der Waals surface area (Å²) in [6.45, 7) is 8.74. The first kappa shape index (κ1) is 15.6. The van der Waals surface area contributed by atoms with E-state index in [0.717, 1.165) is 23.2 Å². The van der Waals surface area contributed by atoms with Crippen molar-refractivity contribution in [3.05, 3.63) is 58.7 Å². The molecule has 2 aromatic carbocycles. The summed E-state index contributed by atoms with van der Waals surface area (Å²) in [7, 11) is 0. The summed E-state index contributed by atoms with van der Waals surface area (Å²) >= 11 is 0. The second-order valence-corrected chi connectivity index (χ2v) is 6.63. The Kier molecular flexibility index (Phi) is 4.12. The lowest BCUT2D eigenvalue weighted by Crippen LogP contribution is -2.37. The first-order valence-electron chi connectivity index (χ1n) is 8.18. The van der Waals surface area contributed by atoms with E-state index in [9.17, 15) is 4.79 Å². The number of amides is 1. The van der Waals surface area contributed by atoms with Crippen LogP contribution in [0.1, 0.15) is 29.2 Å². The minimum Gasteiger partial charge on any atom is -0.359 e. The Bertz CT molecular complexity index is 728. The number of benzene rings is 2. The predicted molar refractivity (Wildman–Crippen MR) is 96.2 cm³/mol. The third kappa shape index (κ3) is 3.09. The minimum absolute atomic E-state index is 0.0450. The van der Waals surface area contributed by atoms with Crippen LogP contribution < -0.4 is 10.2 Å². The second-order valence-electron chi connectivity index (χ2n) is 6.63. The highest BCUT2D eigenvalue weighted by molar-refractivity contribution is 5.96. The molecule has 1 aliphatic heterocycles. The van der Waals surface area contributed by atoms with Gasteiger partial charge in [-0.2, -0.15) is 0 Å². The molecule has 2 aromatic rings. The molecule has 0 bridgehead atoms. The number of rotatable bonds is 3. The molecule has 1 amide bonds. The van der Waals surface area contributed by atoms with Crippen molar-refractivity contribution in [1.82, 2.24) is 0 Å². The quantitative estimate of drug-likeness (QED) is 0.929. The summed E-state index contributed by atoms with van der Waals surface area (Å²) in [4.78, 5) is 14.8. The third-order valence-electron chi connectivity index (χ3n) is 4.60. The van der Waals surface area contributed by atoms with E-state index in [0.29, 0.717) is 12.6 Å². The lowest BCUT2D eigenvalue weighted by molar-refractivity contribution is -0.115. The Morgan fingerprint density at radius 3 is 2.52 bits per heavy atom. The first-order valence-corrected chi connectivity index (χ1v) is 8.18. The van der Waals surface area contributed by atoms with Crippen molar-refractivity contribution in [2.24, 2.45) is 0 Å². The van der Waals surface area contributed by atoms with Crippen molar-refractivity contribution in [1.29, 1.82) is 0 Å². The van der Waals surface area contributed by atoms with Crippen LogP contribution >= 0.6 is 0 Å². The molecule has 3 nitrogen and oxygen atoms in total. The highest BCUT2D eigenvalue weighted by Gasteiger charge is 2.27. The topological polar surface area (TPSA) is 32.3 Å². The van der Waals surface area contributed by atoms with E-state index in [1.54, 1.807) is 0 Å². The number of para-hydroxylation sites is 1. The SMILES string of the molecule is Cc1cc(C)c(NC(=O)CN2c3ccccc3C[C@H]2C)c(C)c1. The Labute approximate surface area is 138 Å². The highest BCUT2D eigenvalue weighted by atomic mass is 16.2. The van der Waals surface area contributed by atoms with Crippen LogP contribution in [-0.4, -0.2) is 18.5 Å². The standard InChI is InChI=1S/C20H24N2O/c1-13-9-14(2)20(15(3)10-13)21-19(23)12-22-16(4)11-17-7-5-6-8-18(17)22/h5-10,16H,11-12H2,1-4H3,(H,21,23)/t16-/m1/s1. The van der Waals surface area contributed by atoms with Gasteiger partial charge in [0.25, 0.3) is 0 Å². The van der Waals surface area contributed by atoms with E-state index in [2.05, 4.69) is 54.4 Å². The van der Waals surface area contributed by atoms with E-state index >= 15 is 0 Å². The molecule has 120 valence electrons. The summed E-state index contributed by atoms with van der Waals surface area (Å²) in [5, 5.41) is 3.10. The van der Waals surface area contributed by atoms with Crippen LogP contribution in [0.4, 0.5) is 11.4 Å². The fourth-order valence-electron chi connectivity index (χ4n) is 3.58. The molecule has 0 saturated heterocycles. The lowest BCUT2D eigenvalue weighted by atomic mass is 10.1. The van der Waals surface area contributed by atoms with Crippen LogP contribution in [0.3, 0.4) is 0 Å². The van der Waals surface area contributed by atoms with Gasteiger partial charge >= 0.3 is 0 Å². The van der Waals surface area contributed by atoms with Gasteiger partial charge in [-0.1, -0.05) is 35.9 Å². The molecule has 23 heavy (non-hydrogen) atoms. The van der Waals surface area contributed by atoms with Gasteiger partial charge in [0.2, 0.25) is 5.91 Å². The second kappa shape index (κ2) is 6.07. The largest absolute Gasteiger partial charge is 0.359 e. The van der Waals surface area contributed by atoms with Gasteiger partial charge in [-0.05, 0) is 56.9 Å². The van der Waals surface area contributed by atoms with E-state index in [1.807, 2.05) is 19.9 Å². The Balaban J connectivity index is 1.76. The van der Waals surface area contributed by atoms with Gasteiger partial charge in [0.05, 0.1) is 6.54 Å². The van der Waals surface area contributed by atoms with Gasteiger partial charge < -0.3 is 10.2 Å². The van der Waals surface area contributed by atoms with Crippen LogP contribution in [0.2, 0.25) is 0 Å². The van der Waals surface area contributed by atoms with Crippen LogP contribution in [0, 0.1) is 20.8 Å². The summed E-state index contributed by atoms with van der Waals surface area (Å²) < 4.78 is 0. The molecular formula is C20H24N2O. The number of carbonyl (C=O) groups excluding carboxylic acids is 1. The molecule has 3 heteroatoms. The number of hydrogen-bond acceptors (Lipinski definition) is 2. The van der Waals surface area contributed by atoms with Crippen molar-refractivity contribution in [2.75, 3.05) is 16.8 Å². The maximum absolute atomic E-state index is 12.6. The Morgan fingerprint density at radius 1 is 1.17 bits per heavy atom. The van der Waals surface area contributed by atoms with Crippen molar-refractivity contribution in [3.8, 4) is 0 Å². The Hall–Kier alpha value is -2.29. The van der Waals surface area contributed by atoms with Gasteiger partial charge in [-0.3, -0.25) is 4.79 Å². The number of hydrogen-bond donors (Lipinski definition) is 1. The van der Waals surface area contributed by atoms with Crippen LogP contribution in [-0.2, 0) is 11.2 Å². The molecule has 0 fully saturated rings. The van der Waals surface area contributed by atoms with E-state index in [-0.39, 0.29) is 5.91 Å². The monoisotopic (exact) mass is 308 g/mol. The van der Waals surface area contributed by atoms with Crippen LogP contribution in [0.25, 0.3) is 0 Å². The molecule has 1 N–H and O–H groups in total. The van der Waals surface area contributed by atoms with Crippen molar-refractivity contribution < 1.29 is 4.79 Å². The van der Waals surface area contributed by atoms with E-state index < -0.39 is 0 Å². The maximum Gasteiger partial charge on any atom is 0.243 e. The van der Waals surface area contributed by atoms with Gasteiger partial charge in [0.1, 0.15) is 0 Å². The van der Waals surface area contributed by atoms with Crippen LogP contribution in [0.15, 0.2) is 36.4 Å². The predicted octanol–water partition coefficient (Wildman–Crippen LogP) is 4.00. The molecule has 1 aliphatic rings. The van der Waals surface area contributed by atoms with Gasteiger partial charge in [0, 0.05) is 17.4 Å². The zero-order valence-corrected chi connectivity index (χ0v) is 14.3. The summed E-state index contributed by atoms with van der Waals surface area (Å²) in [6, 6.07) is 12.9. The maximum atomic E-state index is 12.6. The molecule has 0 radical (unpaired) electrons. The highest BCUT2D eigenvalue weighted by Crippen LogP contribution is 2.31. The smallest absolute Gasteiger partial charge is 0.243 e. The van der Waals surface area contributed by atoms with Crippen molar-refractivity contribution >= 4 is 17.3 Å². The number of aryl methyl sites for hydroxylation is 3. The molecule has 0 unspecified atom stereocenters. The average molecular weight is 308 g/mol. The number of anilines is 2. The van der Waals surface area contributed by atoms with Gasteiger partial charge in [-0.25, -0.2) is 0 Å². The first-order chi connectivity index (χ1) is 11.0. The lowest BCUT2D eigenvalue weighted by Gasteiger charge is -2.24. The zero-order chi connectivity index (χ0) is 16.6. The normalized spacial score (nSPS) is 16.3. The average Bonchev–Trinajstić information content (AvgIpc) is 2.79. The molecule has 0 aliphatic carbocycles. The molecular weight excluding hydrogens is 284 g/mol. The summed E-state index contributed by atoms with van der Waals surface area (Å²) in [5.41, 5.74) is 6.92. The molecule has 1 heterocycles. The van der Waals surface area contributed by atoms with E-state index in [1.165, 1.54) is 16.8 Å². The number of fused-ring (bicyclic) bond motifs is 1. The number of nitrogens with one attached hydrogen (secondary N) is 1. The summed E-state index contributed by atoms with van der Waals surface area (Å²) in [5.74, 6) is 0.0450. The number of nitrogens with zero attached hydrogens (tertiary/aromatic N) is 1. The molecule has 0 spiro atoms. The zero-order valence-electron chi connectivity index (χ0n) is 14.3. The molecule has 0 aromatic heterocycles. The minimum atomic E-state index is 0.0450. The van der Waals surface area contributed by atoms with Gasteiger partial charge in [0.15, 0.2) is 0 Å². The Morgan fingerprint density at radius 2 is 1.83 bits per heavy atom. The fourth-order valence-corrected chi connectivity index (χ4v) is 3.58. The number of carbonyl (C=O) groups is 1. The molecule has 1 atom stereocenters. The van der Waals surface area contributed by atoms with E-state index in [4.69, 9.17) is 0 Å². The van der Waals surface area contributed by atoms with Gasteiger partial charge in [-0.15, -0.1) is 0 Å². The van der Waals surface area contributed by atoms with Crippen LogP contribution in [0.5, 0.6) is 0 Å². The molecule has 0 saturated carbocycles. The van der Waals surface area contributed by atoms with Crippen molar-refractivity contribution in [3.63, 3.8) is 0 Å². The third-order valence-corrected chi connectivity index (χ3v) is 4.60. The molecule has 3 rings (SSSR count). The fraction of sp³-hybridized carbons (Fsp3) is 0.350. The summed E-state index contributed by atoms with van der Waals surface area (Å²) in [6.07, 6.45) is 1.01. The van der Waals surface area contributed by atoms with Crippen molar-refractivity contribution in [2.45, 2.75) is 40.2 Å².